The molecule has 102 valence electrons. The first-order valence-electron chi connectivity index (χ1n) is 6.37. The Bertz CT molecular complexity index is 577. The Balaban J connectivity index is 2.08. The Kier molecular flexibility index (Phi) is 4.06. The van der Waals surface area contributed by atoms with Gasteiger partial charge in [-0.25, -0.2) is 0 Å². The molecular weight excluding hydrogens is 242 g/mol. The highest BCUT2D eigenvalue weighted by Gasteiger charge is 2.12. The Hall–Kier alpha value is -2.01. The van der Waals surface area contributed by atoms with Gasteiger partial charge in [-0.2, -0.15) is 0 Å². The molecule has 2 rings (SSSR count). The van der Waals surface area contributed by atoms with Crippen LogP contribution in [0, 0.1) is 0 Å². The van der Waals surface area contributed by atoms with E-state index in [1.54, 1.807) is 12.1 Å². The number of hydrogen-bond acceptors (Lipinski definition) is 3. The number of aromatic amines is 1. The van der Waals surface area contributed by atoms with Gasteiger partial charge in [-0.15, -0.1) is 0 Å². The summed E-state index contributed by atoms with van der Waals surface area (Å²) >= 11 is 0. The van der Waals surface area contributed by atoms with Crippen LogP contribution in [-0.2, 0) is 4.74 Å². The molecule has 1 atom stereocenters. The normalized spacial score (nSPS) is 12.5. The zero-order valence-corrected chi connectivity index (χ0v) is 11.2. The fourth-order valence-electron chi connectivity index (χ4n) is 1.91. The summed E-state index contributed by atoms with van der Waals surface area (Å²) in [6.07, 6.45) is 0. The van der Waals surface area contributed by atoms with Crippen molar-refractivity contribution in [2.24, 2.45) is 0 Å². The lowest BCUT2D eigenvalue weighted by atomic mass is 10.2. The number of ether oxygens (including phenoxy) is 1. The van der Waals surface area contributed by atoms with Crippen molar-refractivity contribution in [2.45, 2.75) is 19.9 Å². The first-order chi connectivity index (χ1) is 9.10. The molecule has 1 heterocycles. The van der Waals surface area contributed by atoms with Gasteiger partial charge in [0.05, 0.1) is 6.61 Å². The van der Waals surface area contributed by atoms with Crippen molar-refractivity contribution in [2.75, 3.05) is 18.9 Å². The van der Waals surface area contributed by atoms with E-state index in [9.17, 15) is 4.79 Å². The van der Waals surface area contributed by atoms with Gasteiger partial charge in [0.2, 0.25) is 0 Å². The van der Waals surface area contributed by atoms with E-state index in [0.29, 0.717) is 24.6 Å². The fourth-order valence-corrected chi connectivity index (χ4v) is 1.91. The maximum Gasteiger partial charge on any atom is 0.268 e. The number of benzene rings is 1. The molecule has 1 unspecified atom stereocenters. The topological polar surface area (TPSA) is 80.1 Å². The van der Waals surface area contributed by atoms with Gasteiger partial charge < -0.3 is 20.8 Å². The lowest BCUT2D eigenvalue weighted by molar-refractivity contribution is 0.0868. The van der Waals surface area contributed by atoms with E-state index in [1.165, 1.54) is 0 Å². The zero-order valence-electron chi connectivity index (χ0n) is 11.2. The molecule has 0 fully saturated rings. The number of aromatic nitrogens is 1. The van der Waals surface area contributed by atoms with Gasteiger partial charge in [0.25, 0.3) is 5.91 Å². The monoisotopic (exact) mass is 261 g/mol. The number of carbonyl (C=O) groups is 1. The minimum atomic E-state index is -0.137. The Morgan fingerprint density at radius 3 is 3.00 bits per heavy atom. The van der Waals surface area contributed by atoms with Gasteiger partial charge in [0.1, 0.15) is 5.69 Å². The predicted molar refractivity (Wildman–Crippen MR) is 76.1 cm³/mol. The average molecular weight is 261 g/mol. The summed E-state index contributed by atoms with van der Waals surface area (Å²) in [7, 11) is 0. The van der Waals surface area contributed by atoms with Gasteiger partial charge in [-0.1, -0.05) is 0 Å². The van der Waals surface area contributed by atoms with Gasteiger partial charge >= 0.3 is 0 Å². The minimum Gasteiger partial charge on any atom is -0.399 e. The van der Waals surface area contributed by atoms with Gasteiger partial charge in [0, 0.05) is 29.2 Å². The number of H-pyrrole nitrogens is 1. The van der Waals surface area contributed by atoms with Crippen LogP contribution in [0.4, 0.5) is 5.69 Å². The molecule has 1 aromatic carbocycles. The zero-order chi connectivity index (χ0) is 13.8. The molecule has 0 radical (unpaired) electrons. The standard InChI is InChI=1S/C14H19N3O2/c1-3-19-8-9(2)16-14(18)13-7-10-6-11(15)4-5-12(10)17-13/h4-7,9,17H,3,8,15H2,1-2H3,(H,16,18). The summed E-state index contributed by atoms with van der Waals surface area (Å²) in [5.41, 5.74) is 7.83. The molecule has 0 bridgehead atoms. The van der Waals surface area contributed by atoms with E-state index < -0.39 is 0 Å². The molecule has 4 N–H and O–H groups in total. The number of amides is 1. The van der Waals surface area contributed by atoms with Gasteiger partial charge in [-0.05, 0) is 38.1 Å². The van der Waals surface area contributed by atoms with Crippen molar-refractivity contribution in [3.8, 4) is 0 Å². The quantitative estimate of drug-likeness (QED) is 0.719. The molecule has 19 heavy (non-hydrogen) atoms. The number of nitrogen functional groups attached to an aromatic ring is 1. The molecule has 1 aromatic heterocycles. The third-order valence-electron chi connectivity index (χ3n) is 2.84. The number of hydrogen-bond donors (Lipinski definition) is 3. The highest BCUT2D eigenvalue weighted by atomic mass is 16.5. The van der Waals surface area contributed by atoms with E-state index in [-0.39, 0.29) is 11.9 Å². The van der Waals surface area contributed by atoms with Crippen molar-refractivity contribution < 1.29 is 9.53 Å². The molecule has 0 aliphatic rings. The largest absolute Gasteiger partial charge is 0.399 e. The molecule has 2 aromatic rings. The number of fused-ring (bicyclic) bond motifs is 1. The van der Waals surface area contributed by atoms with E-state index in [4.69, 9.17) is 10.5 Å². The van der Waals surface area contributed by atoms with E-state index >= 15 is 0 Å². The second-order valence-electron chi connectivity index (χ2n) is 4.56. The third-order valence-corrected chi connectivity index (χ3v) is 2.84. The van der Waals surface area contributed by atoms with Crippen LogP contribution in [0.3, 0.4) is 0 Å². The van der Waals surface area contributed by atoms with E-state index in [0.717, 1.165) is 10.9 Å². The summed E-state index contributed by atoms with van der Waals surface area (Å²) < 4.78 is 5.27. The van der Waals surface area contributed by atoms with Crippen molar-refractivity contribution in [1.82, 2.24) is 10.3 Å². The summed E-state index contributed by atoms with van der Waals surface area (Å²) in [4.78, 5) is 15.1. The lowest BCUT2D eigenvalue weighted by Crippen LogP contribution is -2.36. The average Bonchev–Trinajstić information content (AvgIpc) is 2.79. The summed E-state index contributed by atoms with van der Waals surface area (Å²) in [6.45, 7) is 4.99. The highest BCUT2D eigenvalue weighted by Crippen LogP contribution is 2.18. The van der Waals surface area contributed by atoms with Crippen LogP contribution < -0.4 is 11.1 Å². The second-order valence-corrected chi connectivity index (χ2v) is 4.56. The number of carbonyl (C=O) groups excluding carboxylic acids is 1. The maximum absolute atomic E-state index is 12.0. The van der Waals surface area contributed by atoms with Gasteiger partial charge in [0.15, 0.2) is 0 Å². The first-order valence-corrected chi connectivity index (χ1v) is 6.37. The number of rotatable bonds is 5. The molecular formula is C14H19N3O2. The summed E-state index contributed by atoms with van der Waals surface area (Å²) in [5.74, 6) is -0.137. The van der Waals surface area contributed by atoms with Crippen molar-refractivity contribution in [3.05, 3.63) is 30.0 Å². The van der Waals surface area contributed by atoms with Crippen molar-refractivity contribution >= 4 is 22.5 Å². The lowest BCUT2D eigenvalue weighted by Gasteiger charge is -2.12. The Labute approximate surface area is 112 Å². The van der Waals surface area contributed by atoms with Crippen molar-refractivity contribution in [3.63, 3.8) is 0 Å². The minimum absolute atomic E-state index is 0.0241. The SMILES string of the molecule is CCOCC(C)NC(=O)c1cc2cc(N)ccc2[nH]1. The van der Waals surface area contributed by atoms with Crippen LogP contribution in [-0.4, -0.2) is 30.1 Å². The molecule has 0 aliphatic carbocycles. The van der Waals surface area contributed by atoms with E-state index in [2.05, 4.69) is 10.3 Å². The van der Waals surface area contributed by atoms with Crippen LogP contribution in [0.25, 0.3) is 10.9 Å². The third kappa shape index (κ3) is 3.26. The smallest absolute Gasteiger partial charge is 0.268 e. The highest BCUT2D eigenvalue weighted by molar-refractivity contribution is 5.98. The van der Waals surface area contributed by atoms with Crippen LogP contribution in [0.1, 0.15) is 24.3 Å². The molecule has 0 saturated heterocycles. The Morgan fingerprint density at radius 1 is 1.47 bits per heavy atom. The number of nitrogens with two attached hydrogens (primary N) is 1. The van der Waals surface area contributed by atoms with Crippen LogP contribution in [0.5, 0.6) is 0 Å². The molecule has 5 heteroatoms. The van der Waals surface area contributed by atoms with Crippen LogP contribution in [0.2, 0.25) is 0 Å². The second kappa shape index (κ2) is 5.75. The Morgan fingerprint density at radius 2 is 2.26 bits per heavy atom. The van der Waals surface area contributed by atoms with Gasteiger partial charge in [-0.3, -0.25) is 4.79 Å². The first kappa shape index (κ1) is 13.4. The molecule has 0 spiro atoms. The fraction of sp³-hybridized carbons (Fsp3) is 0.357. The molecule has 1 amide bonds. The van der Waals surface area contributed by atoms with E-state index in [1.807, 2.05) is 26.0 Å². The van der Waals surface area contributed by atoms with Crippen molar-refractivity contribution in [1.29, 1.82) is 0 Å². The predicted octanol–water partition coefficient (Wildman–Crippen LogP) is 1.90. The summed E-state index contributed by atoms with van der Waals surface area (Å²) in [6, 6.07) is 7.29. The molecule has 0 saturated carbocycles. The maximum atomic E-state index is 12.0. The molecule has 0 aliphatic heterocycles. The number of anilines is 1. The van der Waals surface area contributed by atoms with Crippen LogP contribution >= 0.6 is 0 Å². The summed E-state index contributed by atoms with van der Waals surface area (Å²) in [5, 5.41) is 3.81. The van der Waals surface area contributed by atoms with Crippen LogP contribution in [0.15, 0.2) is 24.3 Å². The molecule has 5 nitrogen and oxygen atoms in total. The number of nitrogens with one attached hydrogen (secondary N) is 2.